The van der Waals surface area contributed by atoms with Gasteiger partial charge in [-0.2, -0.15) is 0 Å². The molecule has 0 saturated carbocycles. The van der Waals surface area contributed by atoms with Gasteiger partial charge in [0, 0.05) is 48.0 Å². The van der Waals surface area contributed by atoms with Gasteiger partial charge in [0.2, 0.25) is 5.91 Å². The highest BCUT2D eigenvalue weighted by molar-refractivity contribution is 6.31. The minimum absolute atomic E-state index is 0.181. The Morgan fingerprint density at radius 2 is 1.97 bits per heavy atom. The van der Waals surface area contributed by atoms with Crippen LogP contribution < -0.4 is 5.32 Å². The number of anilines is 1. The fourth-order valence-corrected chi connectivity index (χ4v) is 3.49. The molecule has 0 radical (unpaired) electrons. The maximum absolute atomic E-state index is 13.0. The van der Waals surface area contributed by atoms with Crippen LogP contribution in [0.2, 0.25) is 5.02 Å². The zero-order chi connectivity index (χ0) is 21.1. The van der Waals surface area contributed by atoms with Gasteiger partial charge >= 0.3 is 0 Å². The standard InChI is InChI=1S/C22H18ClN5O2/c1-28-12-18(17-11-25-13-26-22(17)28)21(30)15-8-16(10-24-9-15)27-20(29)7-6-14-4-2-3-5-19(14)23/h2-5,8-13H,6-7H2,1H3,(H,27,29). The average Bonchev–Trinajstić information content (AvgIpc) is 3.10. The summed E-state index contributed by atoms with van der Waals surface area (Å²) in [4.78, 5) is 37.7. The Labute approximate surface area is 177 Å². The van der Waals surface area contributed by atoms with E-state index in [1.54, 1.807) is 29.1 Å². The second kappa shape index (κ2) is 8.42. The molecule has 0 atom stereocenters. The molecule has 0 aliphatic heterocycles. The van der Waals surface area contributed by atoms with E-state index in [0.29, 0.717) is 39.3 Å². The third-order valence-electron chi connectivity index (χ3n) is 4.75. The van der Waals surface area contributed by atoms with Crippen molar-refractivity contribution >= 4 is 40.0 Å². The number of halogens is 1. The van der Waals surface area contributed by atoms with Crippen molar-refractivity contribution in [1.82, 2.24) is 19.5 Å². The molecule has 0 saturated heterocycles. The SMILES string of the molecule is Cn1cc(C(=O)c2cncc(NC(=O)CCc3ccccc3Cl)c2)c2cncnc21. The van der Waals surface area contributed by atoms with Crippen LogP contribution in [0.5, 0.6) is 0 Å². The van der Waals surface area contributed by atoms with Gasteiger partial charge in [-0.15, -0.1) is 0 Å². The fourth-order valence-electron chi connectivity index (χ4n) is 3.26. The summed E-state index contributed by atoms with van der Waals surface area (Å²) in [5, 5.41) is 4.10. The van der Waals surface area contributed by atoms with Crippen LogP contribution in [-0.2, 0) is 18.3 Å². The van der Waals surface area contributed by atoms with Crippen LogP contribution in [0, 0.1) is 0 Å². The summed E-state index contributed by atoms with van der Waals surface area (Å²) < 4.78 is 1.78. The molecule has 0 bridgehead atoms. The van der Waals surface area contributed by atoms with E-state index in [1.807, 2.05) is 25.2 Å². The number of nitrogens with one attached hydrogen (secondary N) is 1. The second-order valence-electron chi connectivity index (χ2n) is 6.84. The number of carbonyl (C=O) groups excluding carboxylic acids is 2. The largest absolute Gasteiger partial charge is 0.335 e. The molecule has 8 heteroatoms. The lowest BCUT2D eigenvalue weighted by atomic mass is 10.1. The lowest BCUT2D eigenvalue weighted by molar-refractivity contribution is -0.116. The van der Waals surface area contributed by atoms with E-state index in [9.17, 15) is 9.59 Å². The minimum atomic E-state index is -0.213. The second-order valence-corrected chi connectivity index (χ2v) is 7.25. The highest BCUT2D eigenvalue weighted by Gasteiger charge is 2.17. The normalized spacial score (nSPS) is 10.9. The quantitative estimate of drug-likeness (QED) is 0.480. The lowest BCUT2D eigenvalue weighted by Gasteiger charge is -2.07. The maximum atomic E-state index is 13.0. The molecule has 0 fully saturated rings. The van der Waals surface area contributed by atoms with Crippen molar-refractivity contribution in [1.29, 1.82) is 0 Å². The van der Waals surface area contributed by atoms with E-state index in [2.05, 4.69) is 20.3 Å². The number of nitrogens with zero attached hydrogens (tertiary/aromatic N) is 4. The summed E-state index contributed by atoms with van der Waals surface area (Å²) in [6, 6.07) is 9.04. The molecule has 0 unspecified atom stereocenters. The number of hydrogen-bond donors (Lipinski definition) is 1. The molecule has 3 aromatic heterocycles. The molecule has 4 aromatic rings. The van der Waals surface area contributed by atoms with E-state index in [-0.39, 0.29) is 18.1 Å². The van der Waals surface area contributed by atoms with E-state index in [4.69, 9.17) is 11.6 Å². The van der Waals surface area contributed by atoms with Gasteiger partial charge in [0.25, 0.3) is 0 Å². The number of fused-ring (bicyclic) bond motifs is 1. The predicted molar refractivity (Wildman–Crippen MR) is 115 cm³/mol. The number of ketones is 1. The molecule has 1 amide bonds. The number of benzene rings is 1. The summed E-state index contributed by atoms with van der Waals surface area (Å²) in [7, 11) is 1.82. The highest BCUT2D eigenvalue weighted by atomic mass is 35.5. The third kappa shape index (κ3) is 4.06. The Balaban J connectivity index is 1.49. The van der Waals surface area contributed by atoms with Gasteiger partial charge in [-0.25, -0.2) is 9.97 Å². The minimum Gasteiger partial charge on any atom is -0.335 e. The molecule has 7 nitrogen and oxygen atoms in total. The van der Waals surface area contributed by atoms with Gasteiger partial charge in [0.15, 0.2) is 5.78 Å². The maximum Gasteiger partial charge on any atom is 0.224 e. The summed E-state index contributed by atoms with van der Waals surface area (Å²) in [6.07, 6.45) is 8.55. The molecule has 0 aliphatic rings. The predicted octanol–water partition coefficient (Wildman–Crippen LogP) is 3.82. The van der Waals surface area contributed by atoms with Gasteiger partial charge in [-0.3, -0.25) is 14.6 Å². The molecule has 1 N–H and O–H groups in total. The lowest BCUT2D eigenvalue weighted by Crippen LogP contribution is -2.13. The monoisotopic (exact) mass is 419 g/mol. The molecule has 30 heavy (non-hydrogen) atoms. The summed E-state index contributed by atoms with van der Waals surface area (Å²) in [5.74, 6) is -0.394. The van der Waals surface area contributed by atoms with Crippen molar-refractivity contribution in [3.8, 4) is 0 Å². The van der Waals surface area contributed by atoms with Crippen LogP contribution in [0.1, 0.15) is 27.9 Å². The van der Waals surface area contributed by atoms with Gasteiger partial charge in [0.1, 0.15) is 12.0 Å². The van der Waals surface area contributed by atoms with E-state index < -0.39 is 0 Å². The summed E-state index contributed by atoms with van der Waals surface area (Å²) >= 11 is 6.14. The van der Waals surface area contributed by atoms with Crippen LogP contribution in [-0.4, -0.2) is 31.2 Å². The number of aromatic nitrogens is 4. The Morgan fingerprint density at radius 3 is 2.80 bits per heavy atom. The van der Waals surface area contributed by atoms with E-state index >= 15 is 0 Å². The molecule has 0 aliphatic carbocycles. The number of carbonyl (C=O) groups is 2. The Hall–Kier alpha value is -3.58. The Morgan fingerprint density at radius 1 is 1.13 bits per heavy atom. The third-order valence-corrected chi connectivity index (χ3v) is 5.12. The number of hydrogen-bond acceptors (Lipinski definition) is 5. The molecule has 4 rings (SSSR count). The molecular formula is C22H18ClN5O2. The van der Waals surface area contributed by atoms with E-state index in [0.717, 1.165) is 5.56 Å². The van der Waals surface area contributed by atoms with Crippen molar-refractivity contribution < 1.29 is 9.59 Å². The number of rotatable bonds is 6. The van der Waals surface area contributed by atoms with Crippen molar-refractivity contribution in [2.75, 3.05) is 5.32 Å². The van der Waals surface area contributed by atoms with Crippen molar-refractivity contribution in [3.05, 3.63) is 83.2 Å². The smallest absolute Gasteiger partial charge is 0.224 e. The first-order valence-electron chi connectivity index (χ1n) is 9.31. The van der Waals surface area contributed by atoms with Crippen LogP contribution in [0.3, 0.4) is 0 Å². The fraction of sp³-hybridized carbons (Fsp3) is 0.136. The first kappa shape index (κ1) is 19.7. The van der Waals surface area contributed by atoms with Crippen LogP contribution in [0.25, 0.3) is 11.0 Å². The highest BCUT2D eigenvalue weighted by Crippen LogP contribution is 2.22. The topological polar surface area (TPSA) is 89.8 Å². The molecular weight excluding hydrogens is 402 g/mol. The van der Waals surface area contributed by atoms with Gasteiger partial charge in [-0.1, -0.05) is 29.8 Å². The first-order chi connectivity index (χ1) is 14.5. The van der Waals surface area contributed by atoms with Crippen LogP contribution >= 0.6 is 11.6 Å². The van der Waals surface area contributed by atoms with Crippen LogP contribution in [0.4, 0.5) is 5.69 Å². The summed E-state index contributed by atoms with van der Waals surface area (Å²) in [5.41, 5.74) is 2.90. The van der Waals surface area contributed by atoms with Gasteiger partial charge in [0.05, 0.1) is 17.4 Å². The number of pyridine rings is 1. The first-order valence-corrected chi connectivity index (χ1v) is 9.69. The molecule has 1 aromatic carbocycles. The van der Waals surface area contributed by atoms with Gasteiger partial charge in [-0.05, 0) is 24.1 Å². The zero-order valence-electron chi connectivity index (χ0n) is 16.2. The van der Waals surface area contributed by atoms with Crippen molar-refractivity contribution in [2.24, 2.45) is 7.05 Å². The number of aryl methyl sites for hydroxylation is 2. The average molecular weight is 420 g/mol. The van der Waals surface area contributed by atoms with Crippen LogP contribution in [0.15, 0.2) is 61.4 Å². The zero-order valence-corrected chi connectivity index (χ0v) is 16.9. The molecule has 150 valence electrons. The molecule has 0 spiro atoms. The summed E-state index contributed by atoms with van der Waals surface area (Å²) in [6.45, 7) is 0. The van der Waals surface area contributed by atoms with Gasteiger partial charge < -0.3 is 9.88 Å². The van der Waals surface area contributed by atoms with E-state index in [1.165, 1.54) is 18.7 Å². The number of amides is 1. The van der Waals surface area contributed by atoms with Crippen molar-refractivity contribution in [3.63, 3.8) is 0 Å². The van der Waals surface area contributed by atoms with Crippen molar-refractivity contribution in [2.45, 2.75) is 12.8 Å². The Bertz CT molecular complexity index is 1250. The molecule has 3 heterocycles. The Kier molecular flexibility index (Phi) is 5.54.